The molecule has 4 heteroatoms. The molecule has 1 aliphatic carbocycles. The van der Waals surface area contributed by atoms with Crippen LogP contribution >= 0.6 is 0 Å². The van der Waals surface area contributed by atoms with Crippen molar-refractivity contribution in [2.24, 2.45) is 11.7 Å². The van der Waals surface area contributed by atoms with E-state index in [1.54, 1.807) is 4.90 Å². The number of nitrogens with two attached hydrogens (primary N) is 1. The molecule has 0 aromatic carbocycles. The van der Waals surface area contributed by atoms with Gasteiger partial charge in [-0.1, -0.05) is 19.8 Å². The maximum Gasteiger partial charge on any atom is 0.410 e. The number of hydrogen-bond donors (Lipinski definition) is 1. The van der Waals surface area contributed by atoms with Crippen LogP contribution in [0.2, 0.25) is 0 Å². The fourth-order valence-electron chi connectivity index (χ4n) is 2.78. The maximum absolute atomic E-state index is 12.2. The molecule has 2 unspecified atom stereocenters. The van der Waals surface area contributed by atoms with E-state index in [4.69, 9.17) is 10.5 Å². The molecule has 2 N–H and O–H groups in total. The first-order valence-corrected chi connectivity index (χ1v) is 6.87. The lowest BCUT2D eigenvalue weighted by molar-refractivity contribution is -0.00649. The van der Waals surface area contributed by atoms with Crippen molar-refractivity contribution in [3.8, 4) is 0 Å². The van der Waals surface area contributed by atoms with Crippen LogP contribution < -0.4 is 5.73 Å². The van der Waals surface area contributed by atoms with Crippen LogP contribution in [0.3, 0.4) is 0 Å². The fourth-order valence-corrected chi connectivity index (χ4v) is 2.78. The highest BCUT2D eigenvalue weighted by Crippen LogP contribution is 2.36. The molecule has 0 saturated heterocycles. The van der Waals surface area contributed by atoms with E-state index in [9.17, 15) is 4.79 Å². The van der Waals surface area contributed by atoms with Crippen LogP contribution in [-0.4, -0.2) is 35.7 Å². The van der Waals surface area contributed by atoms with Crippen LogP contribution in [0.1, 0.15) is 53.4 Å². The molecular formula is C14H28N2O2. The minimum Gasteiger partial charge on any atom is -0.444 e. The third-order valence-electron chi connectivity index (χ3n) is 3.83. The lowest BCUT2D eigenvalue weighted by Crippen LogP contribution is -2.57. The third kappa shape index (κ3) is 3.61. The summed E-state index contributed by atoms with van der Waals surface area (Å²) in [5.41, 5.74) is 5.27. The zero-order valence-corrected chi connectivity index (χ0v) is 12.5. The summed E-state index contributed by atoms with van der Waals surface area (Å²) in [6, 6.07) is 0. The first-order valence-electron chi connectivity index (χ1n) is 6.87. The lowest BCUT2D eigenvalue weighted by atomic mass is 9.75. The first-order chi connectivity index (χ1) is 8.20. The number of likely N-dealkylation sites (N-methyl/N-ethyl adjacent to an activating group) is 1. The molecular weight excluding hydrogens is 228 g/mol. The summed E-state index contributed by atoms with van der Waals surface area (Å²) in [6.45, 7) is 8.39. The molecule has 0 bridgehead atoms. The Morgan fingerprint density at radius 1 is 1.50 bits per heavy atom. The molecule has 1 aliphatic rings. The van der Waals surface area contributed by atoms with Gasteiger partial charge >= 0.3 is 6.09 Å². The summed E-state index contributed by atoms with van der Waals surface area (Å²) in [5, 5.41) is 0. The Labute approximate surface area is 111 Å². The monoisotopic (exact) mass is 256 g/mol. The fraction of sp³-hybridized carbons (Fsp3) is 0.929. The van der Waals surface area contributed by atoms with Gasteiger partial charge in [0.25, 0.3) is 0 Å². The molecule has 4 nitrogen and oxygen atoms in total. The summed E-state index contributed by atoms with van der Waals surface area (Å²) in [6.07, 6.45) is 4.04. The summed E-state index contributed by atoms with van der Waals surface area (Å²) in [4.78, 5) is 13.9. The normalized spacial score (nSPS) is 28.9. The van der Waals surface area contributed by atoms with Crippen LogP contribution in [0.5, 0.6) is 0 Å². The van der Waals surface area contributed by atoms with Crippen molar-refractivity contribution < 1.29 is 9.53 Å². The number of nitrogens with zero attached hydrogens (tertiary/aromatic N) is 1. The first kappa shape index (κ1) is 15.3. The number of carbonyl (C=O) groups is 1. The van der Waals surface area contributed by atoms with E-state index >= 15 is 0 Å². The van der Waals surface area contributed by atoms with Gasteiger partial charge in [0.05, 0.1) is 5.54 Å². The van der Waals surface area contributed by atoms with E-state index in [1.165, 1.54) is 6.42 Å². The van der Waals surface area contributed by atoms with Gasteiger partial charge in [-0.15, -0.1) is 0 Å². The van der Waals surface area contributed by atoms with Gasteiger partial charge in [0.1, 0.15) is 5.60 Å². The molecule has 2 atom stereocenters. The Bertz CT molecular complexity index is 299. The predicted octanol–water partition coefficient (Wildman–Crippen LogP) is 2.76. The molecule has 0 aliphatic heterocycles. The third-order valence-corrected chi connectivity index (χ3v) is 3.83. The van der Waals surface area contributed by atoms with E-state index in [0.29, 0.717) is 12.5 Å². The van der Waals surface area contributed by atoms with Gasteiger partial charge in [-0.25, -0.2) is 4.79 Å². The summed E-state index contributed by atoms with van der Waals surface area (Å²) in [5.74, 6) is 0.618. The Balaban J connectivity index is 2.78. The Morgan fingerprint density at radius 2 is 2.11 bits per heavy atom. The highest BCUT2D eigenvalue weighted by molar-refractivity contribution is 5.69. The van der Waals surface area contributed by atoms with Crippen molar-refractivity contribution >= 4 is 6.09 Å². The van der Waals surface area contributed by atoms with Crippen molar-refractivity contribution in [1.82, 2.24) is 4.90 Å². The molecule has 106 valence electrons. The molecule has 1 rings (SSSR count). The van der Waals surface area contributed by atoms with Gasteiger partial charge in [0.15, 0.2) is 0 Å². The molecule has 1 amide bonds. The van der Waals surface area contributed by atoms with E-state index < -0.39 is 5.60 Å². The molecule has 0 radical (unpaired) electrons. The number of hydrogen-bond acceptors (Lipinski definition) is 3. The molecule has 0 heterocycles. The zero-order chi connectivity index (χ0) is 14.0. The van der Waals surface area contributed by atoms with E-state index in [0.717, 1.165) is 19.3 Å². The second-order valence-corrected chi connectivity index (χ2v) is 6.67. The van der Waals surface area contributed by atoms with Gasteiger partial charge < -0.3 is 15.4 Å². The van der Waals surface area contributed by atoms with Crippen LogP contribution in [0.25, 0.3) is 0 Å². The Kier molecular flexibility index (Phi) is 4.65. The topological polar surface area (TPSA) is 55.6 Å². The standard InChI is InChI=1S/C14H28N2O2/c1-11-7-6-8-14(9-11,10-15)16(5)12(17)18-13(2,3)4/h11H,6-10,15H2,1-5H3. The second-order valence-electron chi connectivity index (χ2n) is 6.67. The summed E-state index contributed by atoms with van der Waals surface area (Å²) < 4.78 is 5.45. The zero-order valence-electron chi connectivity index (χ0n) is 12.5. The van der Waals surface area contributed by atoms with Crippen molar-refractivity contribution in [2.45, 2.75) is 64.5 Å². The SMILES string of the molecule is CC1CCCC(CN)(N(C)C(=O)OC(C)(C)C)C1. The van der Waals surface area contributed by atoms with Gasteiger partial charge in [-0.05, 0) is 39.5 Å². The quantitative estimate of drug-likeness (QED) is 0.826. The number of rotatable bonds is 2. The second kappa shape index (κ2) is 5.47. The van der Waals surface area contributed by atoms with Gasteiger partial charge in [-0.2, -0.15) is 0 Å². The average molecular weight is 256 g/mol. The van der Waals surface area contributed by atoms with Crippen molar-refractivity contribution in [3.05, 3.63) is 0 Å². The Hall–Kier alpha value is -0.770. The molecule has 0 aromatic heterocycles. The summed E-state index contributed by atoms with van der Waals surface area (Å²) in [7, 11) is 1.82. The van der Waals surface area contributed by atoms with Gasteiger partial charge in [0, 0.05) is 13.6 Å². The number of amides is 1. The number of carbonyl (C=O) groups excluding carboxylic acids is 1. The van der Waals surface area contributed by atoms with Crippen molar-refractivity contribution in [3.63, 3.8) is 0 Å². The molecule has 1 saturated carbocycles. The Morgan fingerprint density at radius 3 is 2.56 bits per heavy atom. The van der Waals surface area contributed by atoms with Crippen molar-refractivity contribution in [2.75, 3.05) is 13.6 Å². The summed E-state index contributed by atoms with van der Waals surface area (Å²) >= 11 is 0. The van der Waals surface area contributed by atoms with E-state index in [-0.39, 0.29) is 11.6 Å². The van der Waals surface area contributed by atoms with Gasteiger partial charge in [-0.3, -0.25) is 0 Å². The smallest absolute Gasteiger partial charge is 0.410 e. The molecule has 1 fully saturated rings. The molecule has 0 aromatic rings. The number of ether oxygens (including phenoxy) is 1. The minimum absolute atomic E-state index is 0.222. The largest absolute Gasteiger partial charge is 0.444 e. The average Bonchev–Trinajstić information content (AvgIpc) is 2.25. The van der Waals surface area contributed by atoms with Crippen molar-refractivity contribution in [1.29, 1.82) is 0 Å². The van der Waals surface area contributed by atoms with Crippen LogP contribution in [0, 0.1) is 5.92 Å². The van der Waals surface area contributed by atoms with Crippen LogP contribution in [0.4, 0.5) is 4.79 Å². The van der Waals surface area contributed by atoms with Gasteiger partial charge in [0.2, 0.25) is 0 Å². The predicted molar refractivity (Wildman–Crippen MR) is 73.4 cm³/mol. The highest BCUT2D eigenvalue weighted by Gasteiger charge is 2.41. The minimum atomic E-state index is -0.457. The highest BCUT2D eigenvalue weighted by atomic mass is 16.6. The van der Waals surface area contributed by atoms with Crippen LogP contribution in [0.15, 0.2) is 0 Å². The molecule has 0 spiro atoms. The van der Waals surface area contributed by atoms with E-state index in [2.05, 4.69) is 6.92 Å². The maximum atomic E-state index is 12.2. The lowest BCUT2D eigenvalue weighted by Gasteiger charge is -2.45. The van der Waals surface area contributed by atoms with Crippen LogP contribution in [-0.2, 0) is 4.74 Å². The van der Waals surface area contributed by atoms with E-state index in [1.807, 2.05) is 27.8 Å². The molecule has 18 heavy (non-hydrogen) atoms.